The summed E-state index contributed by atoms with van der Waals surface area (Å²) in [4.78, 5) is 4.51. The summed E-state index contributed by atoms with van der Waals surface area (Å²) >= 11 is 12.1. The first-order chi connectivity index (χ1) is 12.0. The monoisotopic (exact) mass is 380 g/mol. The molecule has 0 spiro atoms. The largest absolute Gasteiger partial charge is 0.475 e. The zero-order chi connectivity index (χ0) is 18.0. The SMILES string of the molecule is Cc1cccc(C)c1OC(C)N1CCN(c2cc(Cl)nnc2Cl)CC1. The molecule has 0 amide bonds. The van der Waals surface area contributed by atoms with Gasteiger partial charge in [0.05, 0.1) is 5.69 Å². The lowest BCUT2D eigenvalue weighted by Gasteiger charge is -2.39. The molecular weight excluding hydrogens is 359 g/mol. The molecule has 1 aromatic heterocycles. The molecule has 0 bridgehead atoms. The first-order valence-corrected chi connectivity index (χ1v) is 9.12. The first-order valence-electron chi connectivity index (χ1n) is 8.36. The van der Waals surface area contributed by atoms with Gasteiger partial charge >= 0.3 is 0 Å². The highest BCUT2D eigenvalue weighted by Crippen LogP contribution is 2.28. The Morgan fingerprint density at radius 1 is 1.04 bits per heavy atom. The van der Waals surface area contributed by atoms with Gasteiger partial charge in [-0.1, -0.05) is 41.4 Å². The van der Waals surface area contributed by atoms with Crippen LogP contribution in [0, 0.1) is 13.8 Å². The second kappa shape index (κ2) is 7.77. The van der Waals surface area contributed by atoms with E-state index >= 15 is 0 Å². The summed E-state index contributed by atoms with van der Waals surface area (Å²) in [6, 6.07) is 7.98. The van der Waals surface area contributed by atoms with Crippen molar-refractivity contribution in [1.82, 2.24) is 15.1 Å². The minimum absolute atomic E-state index is 0.0107. The number of anilines is 1. The predicted molar refractivity (Wildman–Crippen MR) is 102 cm³/mol. The van der Waals surface area contributed by atoms with E-state index in [0.29, 0.717) is 10.3 Å². The molecule has 5 nitrogen and oxygen atoms in total. The molecule has 1 aliphatic heterocycles. The van der Waals surface area contributed by atoms with Gasteiger partial charge in [0, 0.05) is 32.2 Å². The smallest absolute Gasteiger partial charge is 0.175 e. The molecule has 2 aromatic rings. The van der Waals surface area contributed by atoms with E-state index in [2.05, 4.69) is 59.0 Å². The number of benzene rings is 1. The third-order valence-corrected chi connectivity index (χ3v) is 5.02. The summed E-state index contributed by atoms with van der Waals surface area (Å²) in [6.07, 6.45) is 0.0107. The Bertz CT molecular complexity index is 728. The quantitative estimate of drug-likeness (QED) is 0.802. The van der Waals surface area contributed by atoms with E-state index in [9.17, 15) is 0 Å². The number of aryl methyl sites for hydroxylation is 2. The van der Waals surface area contributed by atoms with Crippen molar-refractivity contribution in [2.45, 2.75) is 27.0 Å². The number of ether oxygens (including phenoxy) is 1. The van der Waals surface area contributed by atoms with Gasteiger partial charge in [0.25, 0.3) is 0 Å². The van der Waals surface area contributed by atoms with E-state index in [0.717, 1.165) is 48.7 Å². The Morgan fingerprint density at radius 2 is 1.68 bits per heavy atom. The minimum atomic E-state index is 0.0107. The molecule has 1 aliphatic rings. The third-order valence-electron chi connectivity index (χ3n) is 4.57. The van der Waals surface area contributed by atoms with Crippen LogP contribution in [-0.2, 0) is 0 Å². The van der Waals surface area contributed by atoms with Gasteiger partial charge in [-0.05, 0) is 31.9 Å². The number of para-hydroxylation sites is 1. The van der Waals surface area contributed by atoms with Gasteiger partial charge in [-0.3, -0.25) is 4.90 Å². The minimum Gasteiger partial charge on any atom is -0.475 e. The first kappa shape index (κ1) is 18.2. The number of rotatable bonds is 4. The molecule has 0 radical (unpaired) electrons. The number of aromatic nitrogens is 2. The molecule has 0 aliphatic carbocycles. The molecule has 1 atom stereocenters. The normalized spacial score (nSPS) is 16.8. The summed E-state index contributed by atoms with van der Waals surface area (Å²) in [7, 11) is 0. The summed E-state index contributed by atoms with van der Waals surface area (Å²) in [5, 5.41) is 8.40. The second-order valence-electron chi connectivity index (χ2n) is 6.30. The van der Waals surface area contributed by atoms with Crippen LogP contribution in [0.1, 0.15) is 18.1 Å². The summed E-state index contributed by atoms with van der Waals surface area (Å²) in [6.45, 7) is 9.68. The van der Waals surface area contributed by atoms with E-state index in [1.165, 1.54) is 0 Å². The Morgan fingerprint density at radius 3 is 2.32 bits per heavy atom. The van der Waals surface area contributed by atoms with Crippen LogP contribution in [0.15, 0.2) is 24.3 Å². The number of hydrogen-bond donors (Lipinski definition) is 0. The van der Waals surface area contributed by atoms with E-state index in [-0.39, 0.29) is 6.23 Å². The number of piperazine rings is 1. The van der Waals surface area contributed by atoms with Crippen molar-refractivity contribution in [2.24, 2.45) is 0 Å². The number of halogens is 2. The van der Waals surface area contributed by atoms with Crippen molar-refractivity contribution in [3.63, 3.8) is 0 Å². The van der Waals surface area contributed by atoms with Crippen molar-refractivity contribution in [3.8, 4) is 5.75 Å². The zero-order valence-electron chi connectivity index (χ0n) is 14.7. The zero-order valence-corrected chi connectivity index (χ0v) is 16.2. The standard InChI is InChI=1S/C18H22Cl2N4O/c1-12-5-4-6-13(2)17(12)25-14(3)23-7-9-24(10-8-23)15-11-16(19)21-22-18(15)20/h4-6,11,14H,7-10H2,1-3H3. The molecular formula is C18H22Cl2N4O. The highest BCUT2D eigenvalue weighted by Gasteiger charge is 2.24. The van der Waals surface area contributed by atoms with Gasteiger partial charge in [-0.25, -0.2) is 0 Å². The van der Waals surface area contributed by atoms with Crippen molar-refractivity contribution < 1.29 is 4.74 Å². The van der Waals surface area contributed by atoms with Crippen molar-refractivity contribution in [2.75, 3.05) is 31.1 Å². The molecule has 1 aromatic carbocycles. The van der Waals surface area contributed by atoms with Crippen LogP contribution >= 0.6 is 23.2 Å². The molecule has 1 fully saturated rings. The number of hydrogen-bond acceptors (Lipinski definition) is 5. The molecule has 1 unspecified atom stereocenters. The van der Waals surface area contributed by atoms with Gasteiger partial charge in [-0.2, -0.15) is 0 Å². The fraction of sp³-hybridized carbons (Fsp3) is 0.444. The highest BCUT2D eigenvalue weighted by atomic mass is 35.5. The van der Waals surface area contributed by atoms with E-state index in [1.54, 1.807) is 6.07 Å². The molecule has 0 N–H and O–H groups in total. The summed E-state index contributed by atoms with van der Waals surface area (Å²) in [5.74, 6) is 0.977. The maximum atomic E-state index is 6.24. The maximum absolute atomic E-state index is 6.24. The molecule has 7 heteroatoms. The van der Waals surface area contributed by atoms with Gasteiger partial charge in [0.2, 0.25) is 0 Å². The van der Waals surface area contributed by atoms with E-state index in [4.69, 9.17) is 27.9 Å². The average molecular weight is 381 g/mol. The lowest BCUT2D eigenvalue weighted by Crippen LogP contribution is -2.51. The summed E-state index contributed by atoms with van der Waals surface area (Å²) < 4.78 is 6.24. The van der Waals surface area contributed by atoms with Gasteiger partial charge in [-0.15, -0.1) is 10.2 Å². The second-order valence-corrected chi connectivity index (χ2v) is 7.05. The topological polar surface area (TPSA) is 41.5 Å². The van der Waals surface area contributed by atoms with Crippen LogP contribution in [0.2, 0.25) is 10.3 Å². The van der Waals surface area contributed by atoms with Crippen LogP contribution in [0.5, 0.6) is 5.75 Å². The molecule has 134 valence electrons. The summed E-state index contributed by atoms with van der Waals surface area (Å²) in [5.41, 5.74) is 3.16. The van der Waals surface area contributed by atoms with Crippen molar-refractivity contribution in [3.05, 3.63) is 45.7 Å². The molecule has 0 saturated carbocycles. The molecule has 25 heavy (non-hydrogen) atoms. The van der Waals surface area contributed by atoms with Crippen LogP contribution in [-0.4, -0.2) is 47.5 Å². The Kier molecular flexibility index (Phi) is 5.67. The fourth-order valence-corrected chi connectivity index (χ4v) is 3.48. The van der Waals surface area contributed by atoms with Gasteiger partial charge in [0.15, 0.2) is 10.3 Å². The van der Waals surface area contributed by atoms with Crippen molar-refractivity contribution >= 4 is 28.9 Å². The Labute approximate surface area is 158 Å². The van der Waals surface area contributed by atoms with Crippen LogP contribution < -0.4 is 9.64 Å². The Hall–Kier alpha value is -1.56. The van der Waals surface area contributed by atoms with Gasteiger partial charge in [0.1, 0.15) is 12.0 Å². The number of nitrogens with zero attached hydrogens (tertiary/aromatic N) is 4. The maximum Gasteiger partial charge on any atom is 0.175 e. The molecule has 2 heterocycles. The fourth-order valence-electron chi connectivity index (χ4n) is 3.12. The van der Waals surface area contributed by atoms with Crippen molar-refractivity contribution in [1.29, 1.82) is 0 Å². The van der Waals surface area contributed by atoms with Crippen LogP contribution in [0.25, 0.3) is 0 Å². The predicted octanol–water partition coefficient (Wildman–Crippen LogP) is 3.95. The lowest BCUT2D eigenvalue weighted by molar-refractivity contribution is 0.0347. The average Bonchev–Trinajstić information content (AvgIpc) is 2.60. The van der Waals surface area contributed by atoms with E-state index < -0.39 is 0 Å². The van der Waals surface area contributed by atoms with Crippen LogP contribution in [0.4, 0.5) is 5.69 Å². The molecule has 1 saturated heterocycles. The lowest BCUT2D eigenvalue weighted by atomic mass is 10.1. The van der Waals surface area contributed by atoms with Crippen LogP contribution in [0.3, 0.4) is 0 Å². The van der Waals surface area contributed by atoms with Gasteiger partial charge < -0.3 is 9.64 Å². The Balaban J connectivity index is 1.63. The highest BCUT2D eigenvalue weighted by molar-refractivity contribution is 6.33. The van der Waals surface area contributed by atoms with E-state index in [1.807, 2.05) is 0 Å². The molecule has 3 rings (SSSR count). The third kappa shape index (κ3) is 4.17.